The zero-order chi connectivity index (χ0) is 105. The van der Waals surface area contributed by atoms with Crippen LogP contribution in [0.2, 0.25) is 0 Å². The van der Waals surface area contributed by atoms with Gasteiger partial charge in [-0.25, -0.2) is 22.8 Å². The minimum Gasteiger partial charge on any atom is -0.258 e. The molecule has 1 saturated carbocycles. The summed E-state index contributed by atoms with van der Waals surface area (Å²) in [5, 5.41) is 5.70. The predicted octanol–water partition coefficient (Wildman–Crippen LogP) is 26.4. The SMILES string of the molecule is Cc1cc(C)c(C)c(-c2c3ccc(-c4cnc(C(C)C)cn4)cc3nc[n+]2C)c1.Cc1cc(C)c(C)c(-c2c3ccc(-c4cnc(C)cn4)cc3nc[n+]2C)c1.Cc1cc(C)c(C)c(-c2c3ccc(-c4cnc(C5CCCC5)cn4)cc3nc[n+]2C)c1.Cc1cc(C)c(C)c(-c2c3ccc(-c4cnc(CC(C)(C)C)cn4)cc3nc[n+]2C)c1.Cc1cc(C)c(C)c(-c2c3ccc(-c4cnc(CC(C)C)cn4)cc3nc[n+]2C)c1. The topological polar surface area (TPSA) is 213 Å². The number of nitrogens with zero attached hydrogens (tertiary/aromatic N) is 20. The van der Waals surface area contributed by atoms with E-state index in [4.69, 9.17) is 24.9 Å². The van der Waals surface area contributed by atoms with Gasteiger partial charge < -0.3 is 0 Å². The first-order valence-electron chi connectivity index (χ1n) is 51.6. The molecule has 20 nitrogen and oxygen atoms in total. The Bertz CT molecular complexity index is 8410. The maximum atomic E-state index is 4.74. The number of rotatable bonds is 15. The molecule has 10 aromatic heterocycles. The van der Waals surface area contributed by atoms with Crippen LogP contribution in [0.25, 0.3) is 167 Å². The first-order chi connectivity index (χ1) is 70.7. The summed E-state index contributed by atoms with van der Waals surface area (Å²) < 4.78 is 10.6. The lowest BCUT2D eigenvalue weighted by atomic mass is 9.91. The molecule has 0 saturated heterocycles. The molecule has 0 radical (unpaired) electrons. The highest BCUT2D eigenvalue weighted by Gasteiger charge is 2.28. The van der Waals surface area contributed by atoms with Gasteiger partial charge >= 0.3 is 0 Å². The second-order valence-electron chi connectivity index (χ2n) is 42.9. The minimum atomic E-state index is 0.196. The lowest BCUT2D eigenvalue weighted by Crippen LogP contribution is -2.32. The van der Waals surface area contributed by atoms with Crippen molar-refractivity contribution in [1.82, 2.24) is 74.8 Å². The Hall–Kier alpha value is -15.7. The molecule has 0 amide bonds. The van der Waals surface area contributed by atoms with Gasteiger partial charge in [-0.2, -0.15) is 0 Å². The van der Waals surface area contributed by atoms with E-state index >= 15 is 0 Å². The Labute approximate surface area is 872 Å². The van der Waals surface area contributed by atoms with Crippen LogP contribution in [0, 0.1) is 122 Å². The van der Waals surface area contributed by atoms with Crippen molar-refractivity contribution in [3.63, 3.8) is 0 Å². The van der Waals surface area contributed by atoms with Gasteiger partial charge in [0.05, 0.1) is 150 Å². The normalized spacial score (nSPS) is 12.1. The molecule has 0 N–H and O–H groups in total. The van der Waals surface area contributed by atoms with Crippen LogP contribution in [-0.4, -0.2) is 74.8 Å². The molecule has 10 aromatic carbocycles. The van der Waals surface area contributed by atoms with E-state index in [0.29, 0.717) is 17.8 Å². The Kier molecular flexibility index (Phi) is 30.8. The van der Waals surface area contributed by atoms with E-state index in [1.54, 1.807) is 6.20 Å². The smallest absolute Gasteiger partial charge is 0.258 e. The number of benzene rings is 10. The molecule has 0 unspecified atom stereocenters. The fraction of sp³-hybridized carbons (Fsp3) is 0.297. The lowest BCUT2D eigenvalue weighted by molar-refractivity contribution is -0.662. The molecule has 1 aliphatic rings. The molecular formula is C128H139N20+5. The summed E-state index contributed by atoms with van der Waals surface area (Å²) >= 11 is 0. The highest BCUT2D eigenvalue weighted by molar-refractivity contribution is 5.99. The molecule has 0 spiro atoms. The number of aromatic nitrogens is 20. The van der Waals surface area contributed by atoms with Crippen molar-refractivity contribution in [3.8, 4) is 113 Å². The first kappa shape index (κ1) is 104. The molecule has 1 fully saturated rings. The lowest BCUT2D eigenvalue weighted by Gasteiger charge is -2.17. The van der Waals surface area contributed by atoms with Gasteiger partial charge in [0.1, 0.15) is 28.5 Å². The van der Waals surface area contributed by atoms with Crippen LogP contribution in [0.15, 0.2) is 245 Å². The van der Waals surface area contributed by atoms with Crippen LogP contribution in [0.5, 0.6) is 0 Å². The maximum absolute atomic E-state index is 4.74. The molecule has 10 heterocycles. The molecule has 21 rings (SSSR count). The van der Waals surface area contributed by atoms with Crippen LogP contribution in [-0.2, 0) is 48.1 Å². The van der Waals surface area contributed by atoms with Crippen molar-refractivity contribution in [2.24, 2.45) is 46.6 Å². The van der Waals surface area contributed by atoms with E-state index < -0.39 is 0 Å². The minimum absolute atomic E-state index is 0.196. The van der Waals surface area contributed by atoms with E-state index in [9.17, 15) is 0 Å². The molecule has 0 bridgehead atoms. The van der Waals surface area contributed by atoms with Gasteiger partial charge in [0.2, 0.25) is 0 Å². The molecule has 20 heteroatoms. The quantitative estimate of drug-likeness (QED) is 0.0873. The van der Waals surface area contributed by atoms with E-state index in [2.05, 4.69) is 412 Å². The van der Waals surface area contributed by atoms with Gasteiger partial charge in [0.25, 0.3) is 31.6 Å². The van der Waals surface area contributed by atoms with Crippen molar-refractivity contribution in [2.45, 2.75) is 210 Å². The summed E-state index contributed by atoms with van der Waals surface area (Å²) in [5.74, 6) is 1.53. The Morgan fingerprint density at radius 1 is 0.277 bits per heavy atom. The summed E-state index contributed by atoms with van der Waals surface area (Å²) in [6, 6.07) is 54.5. The standard InChI is InChI=1S/C27H29N4.C27H31N4.C26H29N4.C25H27N4.C23H23N4/c1-17-11-18(2)19(3)23(12-17)27-22-10-9-21(13-24(22)30-16-31(27)4)26-15-28-25(14-29-26)20-7-5-6-8-20;1-17-10-18(2)19(3)23(11-17)26-22-9-8-20(12-24(22)30-16-31(26)7)25-15-28-21(14-29-25)13-27(4,5)6;1-16(2)9-21-13-28-25(14-27-21)20-7-8-22-24(12-20)29-15-30(6)26(22)23-11-17(3)10-18(4)19(23)5;1-15(2)23-12-27-24(13-26-23)19-7-8-20-22(11-19)28-14-29(6)25(20)21-10-16(3)9-17(4)18(21)5;1-14-8-15(2)17(4)20(9-14)23-19-7-6-18(10-21(19)26-13-27(23)5)22-12-24-16(3)11-25-22/h9-16,20H,5-8H2,1-4H3;8-12,14-16H,13H2,1-7H3;7-8,10-16H,9H2,1-6H3;7-15H,1-6H3;6-13H,1-5H3/q5*+1. The summed E-state index contributed by atoms with van der Waals surface area (Å²) in [6.07, 6.45) is 35.2. The fourth-order valence-electron chi connectivity index (χ4n) is 20.5. The predicted molar refractivity (Wildman–Crippen MR) is 600 cm³/mol. The molecular weight excluding hydrogens is 1820 g/mol. The summed E-state index contributed by atoms with van der Waals surface area (Å²) in [5.41, 5.74) is 51.4. The van der Waals surface area contributed by atoms with Gasteiger partial charge in [-0.1, -0.05) is 150 Å². The second-order valence-corrected chi connectivity index (χ2v) is 42.9. The third kappa shape index (κ3) is 22.9. The van der Waals surface area contributed by atoms with Gasteiger partial charge in [0.15, 0.2) is 27.6 Å². The van der Waals surface area contributed by atoms with Crippen LogP contribution >= 0.6 is 0 Å². The van der Waals surface area contributed by atoms with Gasteiger partial charge in [-0.3, -0.25) is 49.8 Å². The molecule has 0 atom stereocenters. The second kappa shape index (κ2) is 43.9. The molecule has 1 aliphatic carbocycles. The van der Waals surface area contributed by atoms with Crippen LogP contribution in [0.3, 0.4) is 0 Å². The Balaban J connectivity index is 0.000000126. The molecule has 746 valence electrons. The Morgan fingerprint density at radius 3 is 0.791 bits per heavy atom. The molecule has 0 aliphatic heterocycles. The molecule has 20 aromatic rings. The maximum Gasteiger partial charge on any atom is 0.287 e. The van der Waals surface area contributed by atoms with E-state index in [0.717, 1.165) is 152 Å². The Morgan fingerprint density at radius 2 is 0.547 bits per heavy atom. The van der Waals surface area contributed by atoms with Crippen LogP contribution in [0.1, 0.15) is 198 Å². The largest absolute Gasteiger partial charge is 0.287 e. The highest BCUT2D eigenvalue weighted by Crippen LogP contribution is 2.41. The van der Waals surface area contributed by atoms with Gasteiger partial charge in [-0.05, 0) is 325 Å². The third-order valence-electron chi connectivity index (χ3n) is 28.9. The number of hydrogen-bond donors (Lipinski definition) is 0. The molecule has 148 heavy (non-hydrogen) atoms. The van der Waals surface area contributed by atoms with Crippen LogP contribution in [0.4, 0.5) is 0 Å². The van der Waals surface area contributed by atoms with E-state index in [-0.39, 0.29) is 5.41 Å². The van der Waals surface area contributed by atoms with Crippen LogP contribution < -0.4 is 22.8 Å². The summed E-state index contributed by atoms with van der Waals surface area (Å²) in [7, 11) is 10.3. The monoisotopic (exact) mass is 1960 g/mol. The summed E-state index contributed by atoms with van der Waals surface area (Å²) in [6.45, 7) is 49.8. The van der Waals surface area contributed by atoms with Crippen molar-refractivity contribution >= 4 is 54.5 Å². The average molecular weight is 1960 g/mol. The van der Waals surface area contributed by atoms with Gasteiger partial charge in [-0.15, -0.1) is 0 Å². The first-order valence-corrected chi connectivity index (χ1v) is 51.6. The number of hydrogen-bond acceptors (Lipinski definition) is 15. The average Bonchev–Trinajstić information content (AvgIpc) is 1.69. The number of fused-ring (bicyclic) bond motifs is 5. The summed E-state index contributed by atoms with van der Waals surface area (Å²) in [4.78, 5) is 69.6. The fourth-order valence-corrected chi connectivity index (χ4v) is 20.5. The van der Waals surface area contributed by atoms with Crippen molar-refractivity contribution < 1.29 is 22.8 Å². The highest BCUT2D eigenvalue weighted by atomic mass is 15.0. The third-order valence-corrected chi connectivity index (χ3v) is 28.9. The zero-order valence-electron chi connectivity index (χ0n) is 91.5. The van der Waals surface area contributed by atoms with Crippen molar-refractivity contribution in [2.75, 3.05) is 0 Å². The van der Waals surface area contributed by atoms with Crippen molar-refractivity contribution in [1.29, 1.82) is 0 Å². The van der Waals surface area contributed by atoms with E-state index in [1.807, 2.05) is 94.3 Å². The zero-order valence-corrected chi connectivity index (χ0v) is 91.5. The number of aryl methyl sites for hydroxylation is 16. The van der Waals surface area contributed by atoms with Gasteiger partial charge in [0, 0.05) is 92.5 Å². The van der Waals surface area contributed by atoms with E-state index in [1.165, 1.54) is 165 Å². The van der Waals surface area contributed by atoms with Crippen molar-refractivity contribution in [3.05, 3.63) is 357 Å².